The van der Waals surface area contributed by atoms with Crippen molar-refractivity contribution in [3.05, 3.63) is 28.5 Å². The number of H-pyrrole nitrogens is 1. The summed E-state index contributed by atoms with van der Waals surface area (Å²) in [4.78, 5) is 29.4. The SMILES string of the molecule is Cn1c(C(F)(F)F)nn(C2CCN(C(=O)c3ncn[nH]3)CC2)c1=O. The average molecular weight is 345 g/mol. The second-order valence-corrected chi connectivity index (χ2v) is 5.46. The van der Waals surface area contributed by atoms with Crippen LogP contribution >= 0.6 is 0 Å². The van der Waals surface area contributed by atoms with Crippen LogP contribution in [-0.2, 0) is 13.2 Å². The molecule has 2 aromatic heterocycles. The molecule has 0 spiro atoms. The molecule has 1 aliphatic rings. The number of amides is 1. The molecule has 0 atom stereocenters. The van der Waals surface area contributed by atoms with E-state index in [1.165, 1.54) is 11.2 Å². The lowest BCUT2D eigenvalue weighted by Crippen LogP contribution is -2.41. The maximum absolute atomic E-state index is 12.8. The summed E-state index contributed by atoms with van der Waals surface area (Å²) in [6.07, 6.45) is -2.82. The Balaban J connectivity index is 1.74. The Kier molecular flexibility index (Phi) is 3.89. The summed E-state index contributed by atoms with van der Waals surface area (Å²) >= 11 is 0. The fourth-order valence-corrected chi connectivity index (χ4v) is 2.71. The number of hydrogen-bond donors (Lipinski definition) is 1. The van der Waals surface area contributed by atoms with E-state index < -0.39 is 23.7 Å². The Hall–Kier alpha value is -2.66. The Morgan fingerprint density at radius 1 is 1.33 bits per heavy atom. The zero-order chi connectivity index (χ0) is 17.5. The summed E-state index contributed by atoms with van der Waals surface area (Å²) < 4.78 is 39.8. The van der Waals surface area contributed by atoms with Gasteiger partial charge in [0.05, 0.1) is 6.04 Å². The van der Waals surface area contributed by atoms with E-state index in [2.05, 4.69) is 20.3 Å². The summed E-state index contributed by atoms with van der Waals surface area (Å²) in [5.41, 5.74) is -0.817. The molecule has 12 heteroatoms. The molecule has 3 heterocycles. The first-order chi connectivity index (χ1) is 11.3. The highest BCUT2D eigenvalue weighted by Crippen LogP contribution is 2.28. The molecule has 9 nitrogen and oxygen atoms in total. The maximum Gasteiger partial charge on any atom is 0.451 e. The quantitative estimate of drug-likeness (QED) is 0.838. The maximum atomic E-state index is 12.8. The number of nitrogens with zero attached hydrogens (tertiary/aromatic N) is 6. The van der Waals surface area contributed by atoms with Crippen LogP contribution in [0.1, 0.15) is 35.3 Å². The monoisotopic (exact) mass is 345 g/mol. The largest absolute Gasteiger partial charge is 0.451 e. The van der Waals surface area contributed by atoms with Gasteiger partial charge in [0.1, 0.15) is 6.33 Å². The average Bonchev–Trinajstić information content (AvgIpc) is 3.16. The molecule has 24 heavy (non-hydrogen) atoms. The van der Waals surface area contributed by atoms with E-state index in [-0.39, 0.29) is 24.8 Å². The van der Waals surface area contributed by atoms with E-state index in [4.69, 9.17) is 0 Å². The molecule has 0 aliphatic carbocycles. The first kappa shape index (κ1) is 16.2. The van der Waals surface area contributed by atoms with Crippen LogP contribution in [0.4, 0.5) is 13.2 Å². The van der Waals surface area contributed by atoms with Gasteiger partial charge in [-0.2, -0.15) is 18.3 Å². The van der Waals surface area contributed by atoms with Crippen molar-refractivity contribution in [3.63, 3.8) is 0 Å². The molecule has 0 radical (unpaired) electrons. The zero-order valence-electron chi connectivity index (χ0n) is 12.6. The molecule has 1 amide bonds. The molecule has 0 bridgehead atoms. The number of nitrogens with one attached hydrogen (secondary N) is 1. The third kappa shape index (κ3) is 2.78. The number of alkyl halides is 3. The fourth-order valence-electron chi connectivity index (χ4n) is 2.71. The fraction of sp³-hybridized carbons (Fsp3) is 0.583. The normalized spacial score (nSPS) is 16.6. The molecule has 0 aromatic carbocycles. The summed E-state index contributed by atoms with van der Waals surface area (Å²) in [5, 5.41) is 9.50. The van der Waals surface area contributed by atoms with Gasteiger partial charge in [-0.05, 0) is 12.8 Å². The Labute approximate surface area is 133 Å². The smallest absolute Gasteiger partial charge is 0.336 e. The van der Waals surface area contributed by atoms with E-state index in [1.807, 2.05) is 0 Å². The highest BCUT2D eigenvalue weighted by molar-refractivity contribution is 5.90. The first-order valence-corrected chi connectivity index (χ1v) is 7.16. The third-order valence-electron chi connectivity index (χ3n) is 3.97. The Bertz CT molecular complexity index is 785. The Morgan fingerprint density at radius 3 is 2.50 bits per heavy atom. The number of aromatic nitrogens is 6. The van der Waals surface area contributed by atoms with Gasteiger partial charge in [0.15, 0.2) is 0 Å². The molecule has 1 fully saturated rings. The molecule has 1 aliphatic heterocycles. The van der Waals surface area contributed by atoms with E-state index >= 15 is 0 Å². The number of aromatic amines is 1. The number of hydrogen-bond acceptors (Lipinski definition) is 5. The third-order valence-corrected chi connectivity index (χ3v) is 3.97. The summed E-state index contributed by atoms with van der Waals surface area (Å²) in [5.74, 6) is -1.47. The van der Waals surface area contributed by atoms with Crippen LogP contribution in [-0.4, -0.2) is 53.4 Å². The van der Waals surface area contributed by atoms with Crippen LogP contribution in [0.15, 0.2) is 11.1 Å². The van der Waals surface area contributed by atoms with Crippen LogP contribution in [0.2, 0.25) is 0 Å². The zero-order valence-corrected chi connectivity index (χ0v) is 12.6. The van der Waals surface area contributed by atoms with Crippen LogP contribution in [0.5, 0.6) is 0 Å². The van der Waals surface area contributed by atoms with Gasteiger partial charge >= 0.3 is 11.9 Å². The second kappa shape index (κ2) is 5.76. The number of piperidine rings is 1. The molecule has 3 rings (SSSR count). The lowest BCUT2D eigenvalue weighted by atomic mass is 10.1. The highest BCUT2D eigenvalue weighted by atomic mass is 19.4. The van der Waals surface area contributed by atoms with Gasteiger partial charge in [-0.1, -0.05) is 0 Å². The minimum atomic E-state index is -4.69. The van der Waals surface area contributed by atoms with E-state index in [9.17, 15) is 22.8 Å². The number of rotatable bonds is 2. The van der Waals surface area contributed by atoms with Crippen molar-refractivity contribution < 1.29 is 18.0 Å². The van der Waals surface area contributed by atoms with Crippen molar-refractivity contribution in [2.75, 3.05) is 13.1 Å². The number of likely N-dealkylation sites (tertiary alicyclic amines) is 1. The molecule has 2 aromatic rings. The first-order valence-electron chi connectivity index (χ1n) is 7.16. The van der Waals surface area contributed by atoms with Crippen LogP contribution in [0, 0.1) is 0 Å². The van der Waals surface area contributed by atoms with Gasteiger partial charge < -0.3 is 4.90 Å². The molecular weight excluding hydrogens is 331 g/mol. The topological polar surface area (TPSA) is 102 Å². The van der Waals surface area contributed by atoms with Gasteiger partial charge in [-0.25, -0.2) is 14.5 Å². The van der Waals surface area contributed by atoms with Crippen molar-refractivity contribution in [2.24, 2.45) is 7.05 Å². The summed E-state index contributed by atoms with van der Waals surface area (Å²) in [6.45, 7) is 0.573. The lowest BCUT2D eigenvalue weighted by molar-refractivity contribution is -0.147. The second-order valence-electron chi connectivity index (χ2n) is 5.46. The number of carbonyl (C=O) groups is 1. The molecule has 130 valence electrons. The predicted octanol–water partition coefficient (Wildman–Crippen LogP) is 0.196. The summed E-state index contributed by atoms with van der Waals surface area (Å²) in [7, 11) is 1.04. The molecular formula is C12H14F3N7O2. The van der Waals surface area contributed by atoms with Gasteiger partial charge in [-0.3, -0.25) is 14.5 Å². The predicted molar refractivity (Wildman–Crippen MR) is 73.0 cm³/mol. The van der Waals surface area contributed by atoms with Crippen molar-refractivity contribution in [1.82, 2.24) is 34.4 Å². The van der Waals surface area contributed by atoms with Gasteiger partial charge in [0, 0.05) is 20.1 Å². The minimum Gasteiger partial charge on any atom is -0.336 e. The van der Waals surface area contributed by atoms with Crippen molar-refractivity contribution in [2.45, 2.75) is 25.1 Å². The number of carbonyl (C=O) groups excluding carboxylic acids is 1. The lowest BCUT2D eigenvalue weighted by Gasteiger charge is -2.30. The molecule has 1 N–H and O–H groups in total. The minimum absolute atomic E-state index is 0.0998. The number of halogens is 3. The van der Waals surface area contributed by atoms with Crippen LogP contribution < -0.4 is 5.69 Å². The molecule has 1 saturated heterocycles. The van der Waals surface area contributed by atoms with Crippen LogP contribution in [0.25, 0.3) is 0 Å². The molecule has 0 saturated carbocycles. The van der Waals surface area contributed by atoms with E-state index in [0.29, 0.717) is 17.4 Å². The van der Waals surface area contributed by atoms with E-state index in [0.717, 1.165) is 11.7 Å². The van der Waals surface area contributed by atoms with Gasteiger partial charge in [0.25, 0.3) is 5.91 Å². The summed E-state index contributed by atoms with van der Waals surface area (Å²) in [6, 6.07) is -0.487. The van der Waals surface area contributed by atoms with E-state index in [1.54, 1.807) is 0 Å². The van der Waals surface area contributed by atoms with Crippen LogP contribution in [0.3, 0.4) is 0 Å². The standard InChI is InChI=1S/C12H14F3N7O2/c1-20-10(12(13,14)15)19-22(11(20)24)7-2-4-21(5-3-7)9(23)8-16-6-17-18-8/h6-7H,2-5H2,1H3,(H,16,17,18). The van der Waals surface area contributed by atoms with Gasteiger partial charge in [0.2, 0.25) is 11.6 Å². The Morgan fingerprint density at radius 2 is 2.00 bits per heavy atom. The van der Waals surface area contributed by atoms with Crippen molar-refractivity contribution in [1.29, 1.82) is 0 Å². The highest BCUT2D eigenvalue weighted by Gasteiger charge is 2.39. The van der Waals surface area contributed by atoms with Crippen molar-refractivity contribution >= 4 is 5.91 Å². The van der Waals surface area contributed by atoms with Gasteiger partial charge in [-0.15, -0.1) is 5.10 Å². The van der Waals surface area contributed by atoms with Crippen molar-refractivity contribution in [3.8, 4) is 0 Å². The molecule has 0 unspecified atom stereocenters.